The summed E-state index contributed by atoms with van der Waals surface area (Å²) in [6.07, 6.45) is 1.45. The molecule has 0 spiro atoms. The Morgan fingerprint density at radius 1 is 1.12 bits per heavy atom. The average Bonchev–Trinajstić information content (AvgIpc) is 3.12. The highest BCUT2D eigenvalue weighted by Crippen LogP contribution is 2.23. The van der Waals surface area contributed by atoms with Gasteiger partial charge in [0.05, 0.1) is 12.8 Å². The lowest BCUT2D eigenvalue weighted by Gasteiger charge is -2.03. The third-order valence-electron chi connectivity index (χ3n) is 3.54. The van der Waals surface area contributed by atoms with E-state index in [1.165, 1.54) is 6.21 Å². The van der Waals surface area contributed by atoms with Crippen LogP contribution in [0.3, 0.4) is 0 Å². The summed E-state index contributed by atoms with van der Waals surface area (Å²) in [5, 5.41) is 4.59. The number of hydrogen-bond acceptors (Lipinski definition) is 4. The molecule has 0 saturated heterocycles. The lowest BCUT2D eigenvalue weighted by molar-refractivity contribution is 0.0955. The number of carbonyl (C=O) groups excluding carboxylic acids is 1. The van der Waals surface area contributed by atoms with E-state index < -0.39 is 0 Å². The fraction of sp³-hybridized carbons (Fsp3) is 0.100. The summed E-state index contributed by atoms with van der Waals surface area (Å²) in [4.78, 5) is 12.1. The zero-order chi connectivity index (χ0) is 18.4. The summed E-state index contributed by atoms with van der Waals surface area (Å²) < 4.78 is 11.0. The molecular weight excluding hydrogens is 352 g/mol. The van der Waals surface area contributed by atoms with Crippen LogP contribution in [0.1, 0.15) is 23.0 Å². The van der Waals surface area contributed by atoms with Crippen LogP contribution < -0.4 is 10.2 Å². The summed E-state index contributed by atoms with van der Waals surface area (Å²) in [7, 11) is 0. The highest BCUT2D eigenvalue weighted by Gasteiger charge is 2.05. The van der Waals surface area contributed by atoms with Crippen molar-refractivity contribution in [1.82, 2.24) is 5.43 Å². The number of furan rings is 1. The first-order chi connectivity index (χ1) is 12.7. The molecule has 0 aliphatic heterocycles. The molecule has 2 aromatic carbocycles. The van der Waals surface area contributed by atoms with Crippen LogP contribution in [0.5, 0.6) is 5.75 Å². The second-order valence-corrected chi connectivity index (χ2v) is 5.80. The van der Waals surface area contributed by atoms with Crippen LogP contribution in [0.15, 0.2) is 70.2 Å². The van der Waals surface area contributed by atoms with E-state index in [1.807, 2.05) is 25.1 Å². The molecule has 0 aliphatic carbocycles. The molecule has 0 bridgehead atoms. The minimum Gasteiger partial charge on any atom is -0.494 e. The number of carbonyl (C=O) groups is 1. The molecule has 1 aromatic heterocycles. The summed E-state index contributed by atoms with van der Waals surface area (Å²) in [6.45, 7) is 2.49. The second kappa shape index (κ2) is 8.36. The van der Waals surface area contributed by atoms with Crippen LogP contribution in [-0.4, -0.2) is 18.7 Å². The molecule has 26 heavy (non-hydrogen) atoms. The number of nitrogens with one attached hydrogen (secondary N) is 1. The molecule has 3 rings (SSSR count). The maximum atomic E-state index is 12.1. The molecule has 0 aliphatic rings. The van der Waals surface area contributed by atoms with Crippen LogP contribution in [0.25, 0.3) is 11.3 Å². The Morgan fingerprint density at radius 2 is 1.85 bits per heavy atom. The Labute approximate surface area is 156 Å². The van der Waals surface area contributed by atoms with E-state index in [-0.39, 0.29) is 5.91 Å². The first kappa shape index (κ1) is 17.8. The van der Waals surface area contributed by atoms with Crippen molar-refractivity contribution < 1.29 is 13.9 Å². The van der Waals surface area contributed by atoms with Crippen molar-refractivity contribution in [2.75, 3.05) is 6.61 Å². The van der Waals surface area contributed by atoms with E-state index in [4.69, 9.17) is 20.8 Å². The normalized spacial score (nSPS) is 10.8. The molecule has 1 heterocycles. The van der Waals surface area contributed by atoms with Gasteiger partial charge in [-0.15, -0.1) is 0 Å². The van der Waals surface area contributed by atoms with Crippen molar-refractivity contribution >= 4 is 23.7 Å². The Balaban J connectivity index is 1.60. The van der Waals surface area contributed by atoms with Gasteiger partial charge in [-0.2, -0.15) is 5.10 Å². The smallest absolute Gasteiger partial charge is 0.271 e. The van der Waals surface area contributed by atoms with Crippen molar-refractivity contribution in [3.63, 3.8) is 0 Å². The third-order valence-corrected chi connectivity index (χ3v) is 3.79. The SMILES string of the molecule is CCOc1ccc(C(=O)N/N=C/c2ccc(-c3ccc(Cl)cc3)o2)cc1. The Kier molecular flexibility index (Phi) is 5.71. The van der Waals surface area contributed by atoms with E-state index in [0.29, 0.717) is 28.7 Å². The van der Waals surface area contributed by atoms with E-state index >= 15 is 0 Å². The van der Waals surface area contributed by atoms with Crippen LogP contribution in [-0.2, 0) is 0 Å². The van der Waals surface area contributed by atoms with Crippen molar-refractivity contribution in [2.45, 2.75) is 6.92 Å². The van der Waals surface area contributed by atoms with Crippen molar-refractivity contribution in [3.05, 3.63) is 77.0 Å². The monoisotopic (exact) mass is 368 g/mol. The van der Waals surface area contributed by atoms with Crippen LogP contribution in [0.4, 0.5) is 0 Å². The first-order valence-electron chi connectivity index (χ1n) is 8.08. The van der Waals surface area contributed by atoms with Crippen molar-refractivity contribution in [1.29, 1.82) is 0 Å². The number of amides is 1. The molecule has 3 aromatic rings. The zero-order valence-electron chi connectivity index (χ0n) is 14.1. The quantitative estimate of drug-likeness (QED) is 0.504. The predicted octanol–water partition coefficient (Wildman–Crippen LogP) is 4.76. The van der Waals surface area contributed by atoms with Gasteiger partial charge in [0.15, 0.2) is 0 Å². The van der Waals surface area contributed by atoms with E-state index in [1.54, 1.807) is 42.5 Å². The molecule has 0 radical (unpaired) electrons. The molecule has 0 atom stereocenters. The standard InChI is InChI=1S/C20H17ClN2O3/c1-2-25-17-9-5-15(6-10-17)20(24)23-22-13-18-11-12-19(26-18)14-3-7-16(21)8-4-14/h3-13H,2H2,1H3,(H,23,24)/b22-13+. The third kappa shape index (κ3) is 4.52. The number of hydrogen-bond donors (Lipinski definition) is 1. The summed E-state index contributed by atoms with van der Waals surface area (Å²) >= 11 is 5.88. The van der Waals surface area contributed by atoms with Gasteiger partial charge in [-0.25, -0.2) is 5.43 Å². The lowest BCUT2D eigenvalue weighted by atomic mass is 10.2. The number of halogens is 1. The Morgan fingerprint density at radius 3 is 2.54 bits per heavy atom. The number of nitrogens with zero attached hydrogens (tertiary/aromatic N) is 1. The number of ether oxygens (including phenoxy) is 1. The molecule has 1 amide bonds. The van der Waals surface area contributed by atoms with Gasteiger partial charge in [-0.05, 0) is 67.6 Å². The molecule has 5 nitrogen and oxygen atoms in total. The summed E-state index contributed by atoms with van der Waals surface area (Å²) in [5.74, 6) is 1.63. The van der Waals surface area contributed by atoms with Gasteiger partial charge in [-0.1, -0.05) is 11.6 Å². The number of hydrazone groups is 1. The Hall–Kier alpha value is -3.05. The van der Waals surface area contributed by atoms with Crippen LogP contribution in [0.2, 0.25) is 5.02 Å². The van der Waals surface area contributed by atoms with Crippen molar-refractivity contribution in [3.8, 4) is 17.1 Å². The van der Waals surface area contributed by atoms with E-state index in [0.717, 1.165) is 11.3 Å². The van der Waals surface area contributed by atoms with Gasteiger partial charge in [0, 0.05) is 16.1 Å². The fourth-order valence-electron chi connectivity index (χ4n) is 2.28. The van der Waals surface area contributed by atoms with E-state index in [2.05, 4.69) is 10.5 Å². The van der Waals surface area contributed by atoms with Crippen LogP contribution in [0, 0.1) is 0 Å². The van der Waals surface area contributed by atoms with Gasteiger partial charge in [0.2, 0.25) is 0 Å². The number of rotatable bonds is 6. The Bertz CT molecular complexity index is 900. The predicted molar refractivity (Wildman–Crippen MR) is 102 cm³/mol. The van der Waals surface area contributed by atoms with E-state index in [9.17, 15) is 4.79 Å². The minimum absolute atomic E-state index is 0.311. The fourth-order valence-corrected chi connectivity index (χ4v) is 2.41. The molecule has 1 N–H and O–H groups in total. The van der Waals surface area contributed by atoms with Gasteiger partial charge in [0.25, 0.3) is 5.91 Å². The molecule has 0 fully saturated rings. The molecule has 0 unspecified atom stereocenters. The molecule has 6 heteroatoms. The second-order valence-electron chi connectivity index (χ2n) is 5.37. The van der Waals surface area contributed by atoms with Gasteiger partial charge in [0.1, 0.15) is 17.3 Å². The van der Waals surface area contributed by atoms with Gasteiger partial charge in [-0.3, -0.25) is 4.79 Å². The lowest BCUT2D eigenvalue weighted by Crippen LogP contribution is -2.17. The topological polar surface area (TPSA) is 63.8 Å². The molecule has 132 valence electrons. The maximum absolute atomic E-state index is 12.1. The molecule has 0 saturated carbocycles. The minimum atomic E-state index is -0.311. The first-order valence-corrected chi connectivity index (χ1v) is 8.45. The van der Waals surface area contributed by atoms with Crippen LogP contribution >= 0.6 is 11.6 Å². The van der Waals surface area contributed by atoms with Gasteiger partial charge >= 0.3 is 0 Å². The highest BCUT2D eigenvalue weighted by molar-refractivity contribution is 6.30. The summed E-state index contributed by atoms with van der Waals surface area (Å²) in [6, 6.07) is 17.8. The number of benzene rings is 2. The zero-order valence-corrected chi connectivity index (χ0v) is 14.9. The summed E-state index contributed by atoms with van der Waals surface area (Å²) in [5.41, 5.74) is 3.87. The maximum Gasteiger partial charge on any atom is 0.271 e. The van der Waals surface area contributed by atoms with Gasteiger partial charge < -0.3 is 9.15 Å². The van der Waals surface area contributed by atoms with Crippen molar-refractivity contribution in [2.24, 2.45) is 5.10 Å². The average molecular weight is 369 g/mol. The highest BCUT2D eigenvalue weighted by atomic mass is 35.5. The molecular formula is C20H17ClN2O3. The largest absolute Gasteiger partial charge is 0.494 e.